The van der Waals surface area contributed by atoms with Gasteiger partial charge in [-0.15, -0.1) is 0 Å². The molecule has 336 valence electrons. The van der Waals surface area contributed by atoms with Crippen molar-refractivity contribution in [1.82, 2.24) is 55.7 Å². The number of carboxylic acid groups (broad SMARTS) is 4. The van der Waals surface area contributed by atoms with Gasteiger partial charge in [-0.05, 0) is 0 Å². The number of amides is 5. The largest absolute Gasteiger partial charge is 0.480 e. The molecule has 26 nitrogen and oxygen atoms in total. The van der Waals surface area contributed by atoms with E-state index in [-0.39, 0.29) is 97.2 Å². The third-order valence-corrected chi connectivity index (χ3v) is 9.96. The maximum Gasteiger partial charge on any atom is 0.328 e. The van der Waals surface area contributed by atoms with Crippen LogP contribution in [0.1, 0.15) is 10.4 Å². The van der Waals surface area contributed by atoms with Crippen molar-refractivity contribution in [2.75, 3.05) is 111 Å². The van der Waals surface area contributed by atoms with Crippen LogP contribution in [0.5, 0.6) is 0 Å². The quantitative estimate of drug-likeness (QED) is 0.0323. The van der Waals surface area contributed by atoms with Crippen molar-refractivity contribution in [1.29, 1.82) is 0 Å². The molecular formula is C34H49N11O15S. The lowest BCUT2D eigenvalue weighted by Crippen LogP contribution is -2.56. The Hall–Kier alpha value is -6.00. The summed E-state index contributed by atoms with van der Waals surface area (Å²) < 4.78 is 23.5. The zero-order chi connectivity index (χ0) is 45.3. The normalized spacial score (nSPS) is 17.4. The fraction of sp³-hybridized carbons (Fsp3) is 0.559. The van der Waals surface area contributed by atoms with E-state index in [9.17, 15) is 72.0 Å². The van der Waals surface area contributed by atoms with E-state index in [0.29, 0.717) is 4.90 Å². The number of rotatable bonds is 21. The van der Waals surface area contributed by atoms with E-state index < -0.39 is 93.6 Å². The minimum absolute atomic E-state index is 0.129. The van der Waals surface area contributed by atoms with Crippen LogP contribution in [0, 0.1) is 0 Å². The van der Waals surface area contributed by atoms with Crippen molar-refractivity contribution in [3.05, 3.63) is 30.1 Å². The topological polar surface area (TPSA) is 359 Å². The molecule has 1 fully saturated rings. The van der Waals surface area contributed by atoms with Gasteiger partial charge in [-0.3, -0.25) is 62.9 Å². The van der Waals surface area contributed by atoms with Crippen LogP contribution in [0.3, 0.4) is 0 Å². The molecule has 27 heteroatoms. The molecule has 8 N–H and O–H groups in total. The summed E-state index contributed by atoms with van der Waals surface area (Å²) in [6.07, 6.45) is 4.48. The monoisotopic (exact) mass is 883 g/mol. The molecule has 1 aromatic rings. The number of sulfone groups is 1. The van der Waals surface area contributed by atoms with E-state index in [4.69, 9.17) is 0 Å². The Morgan fingerprint density at radius 2 is 1.10 bits per heavy atom. The Balaban J connectivity index is 1.65. The molecule has 2 atom stereocenters. The number of carbonyl (C=O) groups excluding carboxylic acids is 5. The van der Waals surface area contributed by atoms with Crippen molar-refractivity contribution in [3.8, 4) is 0 Å². The predicted octanol–water partition coefficient (Wildman–Crippen LogP) is -6.35. The van der Waals surface area contributed by atoms with E-state index >= 15 is 0 Å². The Labute approximate surface area is 348 Å². The van der Waals surface area contributed by atoms with Gasteiger partial charge in [0, 0.05) is 109 Å². The van der Waals surface area contributed by atoms with Gasteiger partial charge in [0.1, 0.15) is 12.1 Å². The zero-order valence-electron chi connectivity index (χ0n) is 33.1. The summed E-state index contributed by atoms with van der Waals surface area (Å²) in [5.74, 6) is -8.83. The van der Waals surface area contributed by atoms with Crippen LogP contribution < -0.4 is 21.3 Å². The minimum atomic E-state index is -3.80. The second-order valence-corrected chi connectivity index (χ2v) is 15.8. The molecule has 1 aromatic heterocycles. The van der Waals surface area contributed by atoms with Crippen LogP contribution in [0.2, 0.25) is 0 Å². The highest BCUT2D eigenvalue weighted by Gasteiger charge is 2.36. The van der Waals surface area contributed by atoms with Crippen molar-refractivity contribution in [2.24, 2.45) is 0 Å². The Kier molecular flexibility index (Phi) is 19.2. The number of nitrogens with zero attached hydrogens (tertiary/aromatic N) is 7. The van der Waals surface area contributed by atoms with Crippen LogP contribution >= 0.6 is 0 Å². The molecule has 3 rings (SSSR count). The number of hydrogen-bond acceptors (Lipinski definition) is 18. The number of nitrogens with one attached hydrogen (secondary N) is 4. The van der Waals surface area contributed by atoms with Crippen LogP contribution in [0.4, 0.5) is 0 Å². The maximum atomic E-state index is 13.3. The first-order chi connectivity index (χ1) is 28.7. The average molecular weight is 884 g/mol. The molecule has 0 bridgehead atoms. The summed E-state index contributed by atoms with van der Waals surface area (Å²) in [6.45, 7) is -0.999. The van der Waals surface area contributed by atoms with Gasteiger partial charge >= 0.3 is 23.9 Å². The van der Waals surface area contributed by atoms with Crippen LogP contribution in [0.25, 0.3) is 0 Å². The zero-order valence-corrected chi connectivity index (χ0v) is 33.9. The highest BCUT2D eigenvalue weighted by molar-refractivity contribution is 7.90. The Bertz CT molecular complexity index is 1880. The summed E-state index contributed by atoms with van der Waals surface area (Å²) >= 11 is 0. The fourth-order valence-electron chi connectivity index (χ4n) is 6.00. The maximum absolute atomic E-state index is 13.3. The summed E-state index contributed by atoms with van der Waals surface area (Å²) in [7, 11) is -3.80. The van der Waals surface area contributed by atoms with Crippen LogP contribution in [-0.4, -0.2) is 240 Å². The third kappa shape index (κ3) is 17.3. The van der Waals surface area contributed by atoms with E-state index in [2.05, 4.69) is 31.2 Å². The first kappa shape index (κ1) is 49.4. The number of aliphatic carboxylic acids is 4. The molecule has 0 radical (unpaired) electrons. The lowest BCUT2D eigenvalue weighted by Gasteiger charge is -2.32. The number of carbonyl (C=O) groups is 9. The minimum Gasteiger partial charge on any atom is -0.480 e. The molecular weight excluding hydrogens is 835 g/mol. The first-order valence-corrected chi connectivity index (χ1v) is 20.5. The number of aromatic nitrogens is 2. The first-order valence-electron chi connectivity index (χ1n) is 18.6. The van der Waals surface area contributed by atoms with E-state index in [1.807, 2.05) is 0 Å². The predicted molar refractivity (Wildman–Crippen MR) is 206 cm³/mol. The standard InChI is InChI=1S/C34H49N11O15S/c1-61(59,60)34-38-14-22(15-39-34)31(55)40-23(16-35-17-24(33(57)58)45-26(47)2-3-27(45)48)32(56)37-5-4-36-25(46)18-41-6-8-42(19-28(49)50)10-12-44(21-30(53)54)13-11-43(9-7-41)20-29(51)52/h2-3,14-15,23-24,35H,4-13,16-21H2,1H3,(H,36,46)(H,37,56)(H,40,55)(H,49,50)(H,51,52)(H,53,54)(H,57,58)/t23?,24-/m0/s1. The average Bonchev–Trinajstić information content (AvgIpc) is 3.50. The molecule has 2 aliphatic heterocycles. The SMILES string of the molecule is CS(=O)(=O)c1ncc(C(=O)NC(CNC[C@@H](C(=O)O)N2C(=O)C=CC2=O)C(=O)NCCNC(=O)CN2CCN(CC(=O)O)CCN(CC(=O)O)CCN(CC(=O)O)CC2)cn1. The van der Waals surface area contributed by atoms with E-state index in [1.54, 1.807) is 19.6 Å². The molecule has 3 heterocycles. The second-order valence-electron chi connectivity index (χ2n) is 13.9. The van der Waals surface area contributed by atoms with Crippen molar-refractivity contribution < 1.29 is 72.0 Å². The van der Waals surface area contributed by atoms with Gasteiger partial charge in [0.25, 0.3) is 17.7 Å². The van der Waals surface area contributed by atoms with Gasteiger partial charge in [0.05, 0.1) is 31.7 Å². The molecule has 2 aliphatic rings. The molecule has 0 aromatic carbocycles. The summed E-state index contributed by atoms with van der Waals surface area (Å²) in [5.41, 5.74) is -0.237. The van der Waals surface area contributed by atoms with Crippen molar-refractivity contribution in [2.45, 2.75) is 17.2 Å². The highest BCUT2D eigenvalue weighted by Crippen LogP contribution is 2.10. The lowest BCUT2D eigenvalue weighted by molar-refractivity contribution is -0.153. The molecule has 1 saturated heterocycles. The summed E-state index contributed by atoms with van der Waals surface area (Å²) in [6, 6.07) is -3.12. The molecule has 0 saturated carbocycles. The fourth-order valence-corrected chi connectivity index (χ4v) is 6.49. The highest BCUT2D eigenvalue weighted by atomic mass is 32.2. The smallest absolute Gasteiger partial charge is 0.328 e. The van der Waals surface area contributed by atoms with Gasteiger partial charge in [-0.1, -0.05) is 0 Å². The molecule has 0 spiro atoms. The van der Waals surface area contributed by atoms with Crippen LogP contribution in [-0.2, 0) is 48.2 Å². The van der Waals surface area contributed by atoms with Gasteiger partial charge in [-0.2, -0.15) is 0 Å². The van der Waals surface area contributed by atoms with Gasteiger partial charge in [-0.25, -0.2) is 23.2 Å². The van der Waals surface area contributed by atoms with E-state index in [1.165, 1.54) is 0 Å². The second kappa shape index (κ2) is 23.7. The Morgan fingerprint density at radius 3 is 1.51 bits per heavy atom. The van der Waals surface area contributed by atoms with Gasteiger partial charge in [0.2, 0.25) is 26.8 Å². The summed E-state index contributed by atoms with van der Waals surface area (Å²) in [4.78, 5) is 124. The van der Waals surface area contributed by atoms with Crippen LogP contribution in [0.15, 0.2) is 29.7 Å². The number of hydrogen-bond donors (Lipinski definition) is 8. The molecule has 1 unspecified atom stereocenters. The lowest BCUT2D eigenvalue weighted by atomic mass is 10.2. The van der Waals surface area contributed by atoms with Gasteiger partial charge < -0.3 is 41.7 Å². The summed E-state index contributed by atoms with van der Waals surface area (Å²) in [5, 5.41) is 47.6. The van der Waals surface area contributed by atoms with E-state index in [0.717, 1.165) is 30.8 Å². The molecule has 0 aliphatic carbocycles. The molecule has 61 heavy (non-hydrogen) atoms. The number of imide groups is 1. The Morgan fingerprint density at radius 1 is 0.672 bits per heavy atom. The number of carboxylic acids is 4. The third-order valence-electron chi connectivity index (χ3n) is 9.09. The van der Waals surface area contributed by atoms with Gasteiger partial charge in [0.15, 0.2) is 0 Å². The molecule has 5 amide bonds. The van der Waals surface area contributed by atoms with Crippen molar-refractivity contribution >= 4 is 63.3 Å². The van der Waals surface area contributed by atoms with Crippen molar-refractivity contribution in [3.63, 3.8) is 0 Å².